The van der Waals surface area contributed by atoms with Crippen LogP contribution >= 0.6 is 0 Å². The summed E-state index contributed by atoms with van der Waals surface area (Å²) < 4.78 is 0. The number of carboxylic acids is 1. The molecule has 0 heterocycles. The summed E-state index contributed by atoms with van der Waals surface area (Å²) in [5.41, 5.74) is 9.81. The molecular weight excluding hydrogens is 163 g/mol. The Morgan fingerprint density at radius 1 is 1.45 bits per heavy atom. The van der Waals surface area contributed by atoms with E-state index in [4.69, 9.17) is 16.6 Å². The van der Waals surface area contributed by atoms with E-state index in [1.54, 1.807) is 0 Å². The number of carboxylic acid groups (broad SMARTS) is 1. The lowest BCUT2D eigenvalue weighted by molar-refractivity contribution is -0.138. The average molecular weight is 176 g/mol. The highest BCUT2D eigenvalue weighted by molar-refractivity contribution is 5.77. The quantitative estimate of drug-likeness (QED) is 0.411. The Morgan fingerprint density at radius 3 is 2.18 bits per heavy atom. The third kappa shape index (κ3) is 7.33. The van der Waals surface area contributed by atoms with Gasteiger partial charge in [-0.15, -0.1) is 0 Å². The first kappa shape index (κ1) is 13.1. The summed E-state index contributed by atoms with van der Waals surface area (Å²) >= 11 is 0. The lowest BCUT2D eigenvalue weighted by Crippen LogP contribution is -2.31. The van der Waals surface area contributed by atoms with Gasteiger partial charge in [-0.3, -0.25) is 9.59 Å². The first-order valence-corrected chi connectivity index (χ1v) is 2.80. The van der Waals surface area contributed by atoms with Crippen LogP contribution < -0.4 is 11.5 Å². The van der Waals surface area contributed by atoms with Crippen molar-refractivity contribution >= 4 is 29.2 Å². The number of hydrogen-bond acceptors (Lipinski definition) is 3. The van der Waals surface area contributed by atoms with Crippen molar-refractivity contribution in [2.45, 2.75) is 18.9 Å². The third-order valence-corrected chi connectivity index (χ3v) is 1.02. The molecule has 0 unspecified atom stereocenters. The molecule has 0 aliphatic carbocycles. The van der Waals surface area contributed by atoms with Crippen molar-refractivity contribution in [3.63, 3.8) is 0 Å². The molecule has 0 rings (SSSR count). The molecule has 0 aliphatic heterocycles. The van der Waals surface area contributed by atoms with Crippen molar-refractivity contribution in [1.82, 2.24) is 0 Å². The normalized spacial score (nSPS) is 11.4. The fourth-order valence-electron chi connectivity index (χ4n) is 0.421. The summed E-state index contributed by atoms with van der Waals surface area (Å²) in [6, 6.07) is -0.979. The maximum absolute atomic E-state index is 10.1. The monoisotopic (exact) mass is 176 g/mol. The van der Waals surface area contributed by atoms with Gasteiger partial charge in [0, 0.05) is 6.42 Å². The molecule has 0 aromatic heterocycles. The van der Waals surface area contributed by atoms with Gasteiger partial charge in [-0.25, -0.2) is 0 Å². The van der Waals surface area contributed by atoms with Crippen LogP contribution in [-0.4, -0.2) is 40.4 Å². The number of aliphatic carboxylic acids is 1. The maximum Gasteiger partial charge on any atom is 0.320 e. The van der Waals surface area contributed by atoms with Gasteiger partial charge >= 0.3 is 5.97 Å². The molecule has 0 aliphatic rings. The van der Waals surface area contributed by atoms with Crippen molar-refractivity contribution in [2.75, 3.05) is 0 Å². The van der Waals surface area contributed by atoms with E-state index in [1.165, 1.54) is 0 Å². The highest BCUT2D eigenvalue weighted by atomic mass is 27.0. The molecule has 6 heteroatoms. The van der Waals surface area contributed by atoms with Crippen LogP contribution in [0.4, 0.5) is 0 Å². The Kier molecular flexibility index (Phi) is 7.31. The van der Waals surface area contributed by atoms with Crippen LogP contribution in [0.15, 0.2) is 0 Å². The lowest BCUT2D eigenvalue weighted by atomic mass is 10.2. The van der Waals surface area contributed by atoms with Crippen LogP contribution in [0.3, 0.4) is 0 Å². The zero-order chi connectivity index (χ0) is 8.15. The molecule has 5 nitrogen and oxygen atoms in total. The molecule has 11 heavy (non-hydrogen) atoms. The zero-order valence-corrected chi connectivity index (χ0v) is 5.41. The number of rotatable bonds is 4. The molecule has 5 N–H and O–H groups in total. The molecular formula is C5H13AlN2O3. The van der Waals surface area contributed by atoms with Crippen LogP contribution in [0.2, 0.25) is 0 Å². The summed E-state index contributed by atoms with van der Waals surface area (Å²) in [5, 5.41) is 8.22. The molecule has 0 spiro atoms. The first-order valence-electron chi connectivity index (χ1n) is 2.80. The van der Waals surface area contributed by atoms with Gasteiger partial charge in [-0.2, -0.15) is 0 Å². The summed E-state index contributed by atoms with van der Waals surface area (Å²) in [6.07, 6.45) is 0.123. The molecule has 0 saturated carbocycles. The van der Waals surface area contributed by atoms with Gasteiger partial charge in [0.25, 0.3) is 0 Å². The van der Waals surface area contributed by atoms with Crippen molar-refractivity contribution in [3.8, 4) is 0 Å². The summed E-state index contributed by atoms with van der Waals surface area (Å²) in [4.78, 5) is 20.1. The SMILES string of the molecule is NC(=O)CC[C@H](N)C(=O)O.[AlH3]. The van der Waals surface area contributed by atoms with E-state index in [1.807, 2.05) is 0 Å². The number of nitrogens with two attached hydrogens (primary N) is 2. The van der Waals surface area contributed by atoms with Gasteiger partial charge in [-0.1, -0.05) is 0 Å². The number of amides is 1. The van der Waals surface area contributed by atoms with Gasteiger partial charge < -0.3 is 16.6 Å². The van der Waals surface area contributed by atoms with Crippen molar-refractivity contribution in [1.29, 1.82) is 0 Å². The van der Waals surface area contributed by atoms with E-state index in [0.29, 0.717) is 0 Å². The number of hydrogen-bond donors (Lipinski definition) is 3. The molecule has 0 radical (unpaired) electrons. The Bertz CT molecular complexity index is 151. The highest BCUT2D eigenvalue weighted by Crippen LogP contribution is 1.92. The second-order valence-electron chi connectivity index (χ2n) is 1.95. The van der Waals surface area contributed by atoms with Crippen LogP contribution in [0.5, 0.6) is 0 Å². The minimum atomic E-state index is -1.11. The fraction of sp³-hybridized carbons (Fsp3) is 0.600. The molecule has 0 aromatic rings. The van der Waals surface area contributed by atoms with E-state index >= 15 is 0 Å². The first-order chi connectivity index (χ1) is 4.54. The largest absolute Gasteiger partial charge is 0.480 e. The Hall–Kier alpha value is -0.568. The maximum atomic E-state index is 10.1. The predicted molar refractivity (Wildman–Crippen MR) is 44.0 cm³/mol. The third-order valence-electron chi connectivity index (χ3n) is 1.02. The van der Waals surface area contributed by atoms with Gasteiger partial charge in [0.1, 0.15) is 6.04 Å². The average Bonchev–Trinajstić information content (AvgIpc) is 1.82. The van der Waals surface area contributed by atoms with E-state index in [9.17, 15) is 9.59 Å². The number of primary amides is 1. The number of carbonyl (C=O) groups is 2. The van der Waals surface area contributed by atoms with E-state index in [0.717, 1.165) is 0 Å². The summed E-state index contributed by atoms with van der Waals surface area (Å²) in [7, 11) is 0. The second-order valence-corrected chi connectivity index (χ2v) is 1.95. The predicted octanol–water partition coefficient (Wildman–Crippen LogP) is -2.52. The van der Waals surface area contributed by atoms with Crippen molar-refractivity contribution in [2.24, 2.45) is 11.5 Å². The van der Waals surface area contributed by atoms with Gasteiger partial charge in [0.15, 0.2) is 17.4 Å². The standard InChI is InChI=1S/C5H10N2O3.Al.3H/c6-3(5(9)10)1-2-4(7)8;;;;/h3H,1-2,6H2,(H2,7,8)(H,9,10);;;;/t3-;;;;/m0..../s1. The van der Waals surface area contributed by atoms with Gasteiger partial charge in [-0.05, 0) is 6.42 Å². The molecule has 0 fully saturated rings. The topological polar surface area (TPSA) is 106 Å². The van der Waals surface area contributed by atoms with Crippen LogP contribution in [-0.2, 0) is 9.59 Å². The molecule has 64 valence electrons. The van der Waals surface area contributed by atoms with Crippen molar-refractivity contribution < 1.29 is 14.7 Å². The van der Waals surface area contributed by atoms with Crippen LogP contribution in [0.1, 0.15) is 12.8 Å². The summed E-state index contributed by atoms with van der Waals surface area (Å²) in [5.74, 6) is -1.64. The van der Waals surface area contributed by atoms with Gasteiger partial charge in [0.05, 0.1) is 0 Å². The van der Waals surface area contributed by atoms with Crippen LogP contribution in [0.25, 0.3) is 0 Å². The molecule has 0 saturated heterocycles. The zero-order valence-electron chi connectivity index (χ0n) is 5.41. The van der Waals surface area contributed by atoms with Gasteiger partial charge in [0.2, 0.25) is 5.91 Å². The smallest absolute Gasteiger partial charge is 0.320 e. The van der Waals surface area contributed by atoms with Crippen molar-refractivity contribution in [3.05, 3.63) is 0 Å². The van der Waals surface area contributed by atoms with E-state index < -0.39 is 17.9 Å². The number of carbonyl (C=O) groups excluding carboxylic acids is 1. The molecule has 1 amide bonds. The lowest BCUT2D eigenvalue weighted by Gasteiger charge is -2.01. The minimum Gasteiger partial charge on any atom is -0.480 e. The van der Waals surface area contributed by atoms with Crippen LogP contribution in [0, 0.1) is 0 Å². The Morgan fingerprint density at radius 2 is 1.91 bits per heavy atom. The highest BCUT2D eigenvalue weighted by Gasteiger charge is 2.11. The second kappa shape index (κ2) is 6.16. The van der Waals surface area contributed by atoms with E-state index in [-0.39, 0.29) is 30.2 Å². The fourth-order valence-corrected chi connectivity index (χ4v) is 0.421. The molecule has 0 bridgehead atoms. The molecule has 1 atom stereocenters. The summed E-state index contributed by atoms with van der Waals surface area (Å²) in [6.45, 7) is 0. The molecule has 0 aromatic carbocycles. The Labute approximate surface area is 74.9 Å². The minimum absolute atomic E-state index is 0. The Balaban J connectivity index is 0. The van der Waals surface area contributed by atoms with E-state index in [2.05, 4.69) is 0 Å².